The normalized spacial score (nSPS) is 11.3. The van der Waals surface area contributed by atoms with Crippen LogP contribution in [0.4, 0.5) is 5.69 Å². The number of benzene rings is 2. The van der Waals surface area contributed by atoms with E-state index in [4.69, 9.17) is 32.9 Å². The predicted molar refractivity (Wildman–Crippen MR) is 105 cm³/mol. The Hall–Kier alpha value is -2.08. The molecule has 5 nitrogen and oxygen atoms in total. The van der Waals surface area contributed by atoms with Crippen molar-refractivity contribution < 1.29 is 14.5 Å². The van der Waals surface area contributed by atoms with E-state index in [1.54, 1.807) is 38.1 Å². The van der Waals surface area contributed by atoms with Crippen molar-refractivity contribution in [3.63, 3.8) is 0 Å². The minimum absolute atomic E-state index is 0.145. The largest absolute Gasteiger partial charge is 0.391 e. The van der Waals surface area contributed by atoms with Gasteiger partial charge in [0.05, 0.1) is 18.5 Å². The molecule has 7 heteroatoms. The van der Waals surface area contributed by atoms with E-state index in [-0.39, 0.29) is 12.5 Å². The van der Waals surface area contributed by atoms with Crippen molar-refractivity contribution in [3.05, 3.63) is 63.6 Å². The van der Waals surface area contributed by atoms with Gasteiger partial charge >= 0.3 is 0 Å². The Labute approximate surface area is 163 Å². The van der Waals surface area contributed by atoms with E-state index in [9.17, 15) is 4.79 Å². The average Bonchev–Trinajstić information content (AvgIpc) is 2.62. The molecular weight excluding hydrogens is 375 g/mol. The first-order chi connectivity index (χ1) is 12.5. The SMILES string of the molecule is CCC(=O)N(OC)c1ccccc1CO/N=C(\C)c1cc(Cl)cc(Cl)c1. The van der Waals surface area contributed by atoms with Crippen LogP contribution in [0.2, 0.25) is 10.0 Å². The van der Waals surface area contributed by atoms with Gasteiger partial charge in [0.15, 0.2) is 0 Å². The van der Waals surface area contributed by atoms with Gasteiger partial charge in [-0.05, 0) is 31.2 Å². The van der Waals surface area contributed by atoms with E-state index in [0.717, 1.165) is 11.1 Å². The number of hydrogen-bond acceptors (Lipinski definition) is 4. The summed E-state index contributed by atoms with van der Waals surface area (Å²) in [7, 11) is 1.45. The minimum Gasteiger partial charge on any atom is -0.391 e. The molecule has 0 heterocycles. The number of hydrogen-bond donors (Lipinski definition) is 0. The maximum atomic E-state index is 12.0. The summed E-state index contributed by atoms with van der Waals surface area (Å²) >= 11 is 12.0. The minimum atomic E-state index is -0.145. The Balaban J connectivity index is 2.16. The lowest BCUT2D eigenvalue weighted by Crippen LogP contribution is -2.29. The zero-order valence-corrected chi connectivity index (χ0v) is 16.3. The van der Waals surface area contributed by atoms with Crippen LogP contribution in [0.25, 0.3) is 0 Å². The second-order valence-corrected chi connectivity index (χ2v) is 6.33. The maximum absolute atomic E-state index is 12.0. The van der Waals surface area contributed by atoms with Gasteiger partial charge in [0.1, 0.15) is 6.61 Å². The molecule has 0 aliphatic heterocycles. The predicted octanol–water partition coefficient (Wildman–Crippen LogP) is 5.24. The van der Waals surface area contributed by atoms with Crippen molar-refractivity contribution in [2.75, 3.05) is 12.2 Å². The zero-order valence-electron chi connectivity index (χ0n) is 14.8. The number of oxime groups is 1. The molecule has 2 rings (SSSR count). The lowest BCUT2D eigenvalue weighted by Gasteiger charge is -2.21. The number of carbonyl (C=O) groups excluding carboxylic acids is 1. The number of halogens is 2. The van der Waals surface area contributed by atoms with Crippen molar-refractivity contribution in [1.29, 1.82) is 0 Å². The third-order valence-electron chi connectivity index (χ3n) is 3.62. The van der Waals surface area contributed by atoms with E-state index < -0.39 is 0 Å². The van der Waals surface area contributed by atoms with Crippen molar-refractivity contribution in [3.8, 4) is 0 Å². The Morgan fingerprint density at radius 3 is 2.42 bits per heavy atom. The van der Waals surface area contributed by atoms with Gasteiger partial charge in [-0.25, -0.2) is 0 Å². The van der Waals surface area contributed by atoms with Crippen molar-refractivity contribution in [1.82, 2.24) is 0 Å². The summed E-state index contributed by atoms with van der Waals surface area (Å²) in [4.78, 5) is 22.7. The smallest absolute Gasteiger partial charge is 0.250 e. The molecule has 0 aromatic heterocycles. The van der Waals surface area contributed by atoms with E-state index in [0.29, 0.717) is 27.9 Å². The molecule has 2 aromatic carbocycles. The van der Waals surface area contributed by atoms with Crippen LogP contribution in [0.15, 0.2) is 47.6 Å². The van der Waals surface area contributed by atoms with E-state index >= 15 is 0 Å². The van der Waals surface area contributed by atoms with Gasteiger partial charge in [-0.15, -0.1) is 0 Å². The van der Waals surface area contributed by atoms with Gasteiger partial charge in [0.2, 0.25) is 0 Å². The highest BCUT2D eigenvalue weighted by molar-refractivity contribution is 6.35. The molecule has 0 radical (unpaired) electrons. The summed E-state index contributed by atoms with van der Waals surface area (Å²) in [5.41, 5.74) is 2.81. The summed E-state index contributed by atoms with van der Waals surface area (Å²) in [6, 6.07) is 12.5. The van der Waals surface area contributed by atoms with Crippen LogP contribution in [0.5, 0.6) is 0 Å². The lowest BCUT2D eigenvalue weighted by molar-refractivity contribution is -0.124. The van der Waals surface area contributed by atoms with E-state index in [1.165, 1.54) is 12.2 Å². The monoisotopic (exact) mass is 394 g/mol. The van der Waals surface area contributed by atoms with E-state index in [2.05, 4.69) is 5.16 Å². The van der Waals surface area contributed by atoms with E-state index in [1.807, 2.05) is 18.2 Å². The van der Waals surface area contributed by atoms with Crippen LogP contribution in [-0.2, 0) is 21.1 Å². The van der Waals surface area contributed by atoms with Gasteiger partial charge in [-0.3, -0.25) is 9.63 Å². The quantitative estimate of drug-likeness (QED) is 0.476. The molecule has 0 aliphatic rings. The molecular formula is C19H20Cl2N2O3. The van der Waals surface area contributed by atoms with Crippen LogP contribution in [0.3, 0.4) is 0 Å². The Morgan fingerprint density at radius 1 is 1.15 bits per heavy atom. The molecule has 0 atom stereocenters. The number of hydroxylamine groups is 1. The van der Waals surface area contributed by atoms with Crippen molar-refractivity contribution in [2.24, 2.45) is 5.16 Å². The average molecular weight is 395 g/mol. The van der Waals surface area contributed by atoms with Gasteiger partial charge < -0.3 is 4.84 Å². The molecule has 0 spiro atoms. The Bertz CT molecular complexity index is 789. The Morgan fingerprint density at radius 2 is 1.81 bits per heavy atom. The topological polar surface area (TPSA) is 51.1 Å². The van der Waals surface area contributed by atoms with Gasteiger partial charge in [-0.1, -0.05) is 53.5 Å². The fraction of sp³-hybridized carbons (Fsp3) is 0.263. The van der Waals surface area contributed by atoms with Crippen LogP contribution >= 0.6 is 23.2 Å². The summed E-state index contributed by atoms with van der Waals surface area (Å²) in [5, 5.41) is 6.43. The van der Waals surface area contributed by atoms with Crippen LogP contribution in [-0.4, -0.2) is 18.7 Å². The first-order valence-corrected chi connectivity index (χ1v) is 8.79. The maximum Gasteiger partial charge on any atom is 0.250 e. The molecule has 138 valence electrons. The summed E-state index contributed by atoms with van der Waals surface area (Å²) in [5.74, 6) is -0.145. The van der Waals surface area contributed by atoms with Crippen LogP contribution in [0.1, 0.15) is 31.4 Å². The zero-order chi connectivity index (χ0) is 19.1. The molecule has 0 N–H and O–H groups in total. The number of rotatable bonds is 7. The molecule has 0 saturated carbocycles. The van der Waals surface area contributed by atoms with Gasteiger partial charge in [0.25, 0.3) is 5.91 Å². The fourth-order valence-electron chi connectivity index (χ4n) is 2.32. The number of carbonyl (C=O) groups is 1. The standard InChI is InChI=1S/C19H20Cl2N2O3/c1-4-19(24)23(25-3)18-8-6-5-7-14(18)12-26-22-13(2)15-9-16(20)11-17(21)10-15/h5-11H,4,12H2,1-3H3/b22-13+. The number of nitrogens with zero attached hydrogens (tertiary/aromatic N) is 2. The van der Waals surface area contributed by atoms with Crippen molar-refractivity contribution >= 4 is 40.5 Å². The number of anilines is 1. The second-order valence-electron chi connectivity index (χ2n) is 5.46. The summed E-state index contributed by atoms with van der Waals surface area (Å²) < 4.78 is 0. The molecule has 26 heavy (non-hydrogen) atoms. The Kier molecular flexibility index (Phi) is 7.45. The number of amides is 1. The van der Waals surface area contributed by atoms with Crippen molar-refractivity contribution in [2.45, 2.75) is 26.9 Å². The third kappa shape index (κ3) is 5.21. The first kappa shape index (κ1) is 20.2. The van der Waals surface area contributed by atoms with Gasteiger partial charge in [0, 0.05) is 27.6 Å². The lowest BCUT2D eigenvalue weighted by atomic mass is 10.1. The highest BCUT2D eigenvalue weighted by Gasteiger charge is 2.17. The molecule has 0 saturated heterocycles. The second kappa shape index (κ2) is 9.57. The molecule has 0 fully saturated rings. The van der Waals surface area contributed by atoms with Crippen LogP contribution in [0, 0.1) is 0 Å². The molecule has 0 aliphatic carbocycles. The van der Waals surface area contributed by atoms with Crippen LogP contribution < -0.4 is 5.06 Å². The summed E-state index contributed by atoms with van der Waals surface area (Å²) in [6.45, 7) is 3.76. The first-order valence-electron chi connectivity index (χ1n) is 8.04. The molecule has 1 amide bonds. The highest BCUT2D eigenvalue weighted by atomic mass is 35.5. The fourth-order valence-corrected chi connectivity index (χ4v) is 2.85. The highest BCUT2D eigenvalue weighted by Crippen LogP contribution is 2.23. The molecule has 2 aromatic rings. The number of para-hydroxylation sites is 1. The molecule has 0 bridgehead atoms. The third-order valence-corrected chi connectivity index (χ3v) is 4.06. The molecule has 0 unspecified atom stereocenters. The van der Waals surface area contributed by atoms with Gasteiger partial charge in [-0.2, -0.15) is 5.06 Å². The summed E-state index contributed by atoms with van der Waals surface area (Å²) in [6.07, 6.45) is 0.329.